The predicted octanol–water partition coefficient (Wildman–Crippen LogP) is 4.22. The van der Waals surface area contributed by atoms with E-state index in [1.165, 1.54) is 0 Å². The van der Waals surface area contributed by atoms with Crippen molar-refractivity contribution in [3.63, 3.8) is 0 Å². The first-order valence-electron chi connectivity index (χ1n) is 8.82. The molecule has 4 nitrogen and oxygen atoms in total. The van der Waals surface area contributed by atoms with Crippen LogP contribution in [0, 0.1) is 6.92 Å². The molecule has 0 aliphatic carbocycles. The van der Waals surface area contributed by atoms with E-state index in [0.717, 1.165) is 29.1 Å². The van der Waals surface area contributed by atoms with Gasteiger partial charge in [0.15, 0.2) is 0 Å². The lowest BCUT2D eigenvalue weighted by Crippen LogP contribution is -2.25. The average molecular weight is 348 g/mol. The van der Waals surface area contributed by atoms with Crippen LogP contribution in [0.1, 0.15) is 22.5 Å². The third kappa shape index (κ3) is 3.86. The normalized spacial score (nSPS) is 10.7. The largest absolute Gasteiger partial charge is 0.385 e. The van der Waals surface area contributed by atoms with Crippen molar-refractivity contribution in [3.8, 4) is 16.9 Å². The Labute approximate surface area is 154 Å². The summed E-state index contributed by atoms with van der Waals surface area (Å²) in [6, 6.07) is 22.2. The number of aromatic nitrogens is 1. The van der Waals surface area contributed by atoms with Gasteiger partial charge < -0.3 is 14.6 Å². The first-order valence-corrected chi connectivity index (χ1v) is 8.82. The SMILES string of the molecule is COCCCNC(=O)c1cc(-c2ccccc2)n(-c2ccccc2)c1C. The summed E-state index contributed by atoms with van der Waals surface area (Å²) in [6.45, 7) is 3.23. The third-order valence-corrected chi connectivity index (χ3v) is 4.39. The van der Waals surface area contributed by atoms with Crippen molar-refractivity contribution < 1.29 is 9.53 Å². The Kier molecular flexibility index (Phi) is 5.87. The summed E-state index contributed by atoms with van der Waals surface area (Å²) in [5.74, 6) is -0.0505. The molecule has 3 aromatic rings. The molecule has 0 unspecified atom stereocenters. The molecule has 1 amide bonds. The minimum absolute atomic E-state index is 0.0505. The summed E-state index contributed by atoms with van der Waals surface area (Å²) in [5, 5.41) is 2.99. The molecule has 0 saturated heterocycles. The third-order valence-electron chi connectivity index (χ3n) is 4.39. The van der Waals surface area contributed by atoms with Gasteiger partial charge in [-0.2, -0.15) is 0 Å². The molecule has 134 valence electrons. The predicted molar refractivity (Wildman–Crippen MR) is 105 cm³/mol. The van der Waals surface area contributed by atoms with Crippen molar-refractivity contribution in [2.75, 3.05) is 20.3 Å². The van der Waals surface area contributed by atoms with Crippen LogP contribution in [0.25, 0.3) is 16.9 Å². The fourth-order valence-corrected chi connectivity index (χ4v) is 3.08. The Morgan fingerprint density at radius 2 is 1.69 bits per heavy atom. The summed E-state index contributed by atoms with van der Waals surface area (Å²) in [6.07, 6.45) is 0.798. The average Bonchev–Trinajstić information content (AvgIpc) is 3.04. The van der Waals surface area contributed by atoms with E-state index in [1.807, 2.05) is 49.4 Å². The maximum atomic E-state index is 12.7. The van der Waals surface area contributed by atoms with Crippen LogP contribution in [0.3, 0.4) is 0 Å². The molecule has 0 aliphatic rings. The molecule has 4 heteroatoms. The number of hydrogen-bond acceptors (Lipinski definition) is 2. The Morgan fingerprint density at radius 1 is 1.04 bits per heavy atom. The van der Waals surface area contributed by atoms with Gasteiger partial charge in [0.2, 0.25) is 0 Å². The molecule has 0 bridgehead atoms. The second-order valence-electron chi connectivity index (χ2n) is 6.17. The van der Waals surface area contributed by atoms with Crippen LogP contribution in [0.2, 0.25) is 0 Å². The number of rotatable bonds is 7. The van der Waals surface area contributed by atoms with Gasteiger partial charge in [-0.05, 0) is 37.1 Å². The van der Waals surface area contributed by atoms with Crippen LogP contribution in [-0.4, -0.2) is 30.7 Å². The Bertz CT molecular complexity index is 855. The molecule has 0 saturated carbocycles. The number of nitrogens with zero attached hydrogens (tertiary/aromatic N) is 1. The van der Waals surface area contributed by atoms with Crippen LogP contribution in [-0.2, 0) is 4.74 Å². The van der Waals surface area contributed by atoms with Gasteiger partial charge in [-0.1, -0.05) is 48.5 Å². The van der Waals surface area contributed by atoms with E-state index in [2.05, 4.69) is 34.1 Å². The lowest BCUT2D eigenvalue weighted by atomic mass is 10.1. The topological polar surface area (TPSA) is 43.3 Å². The smallest absolute Gasteiger partial charge is 0.253 e. The van der Waals surface area contributed by atoms with Crippen LogP contribution in [0.15, 0.2) is 66.7 Å². The summed E-state index contributed by atoms with van der Waals surface area (Å²) in [7, 11) is 1.66. The summed E-state index contributed by atoms with van der Waals surface area (Å²) in [4.78, 5) is 12.7. The number of benzene rings is 2. The molecule has 3 rings (SSSR count). The van der Waals surface area contributed by atoms with E-state index < -0.39 is 0 Å². The zero-order chi connectivity index (χ0) is 18.4. The van der Waals surface area contributed by atoms with Crippen molar-refractivity contribution in [2.24, 2.45) is 0 Å². The lowest BCUT2D eigenvalue weighted by Gasteiger charge is -2.12. The summed E-state index contributed by atoms with van der Waals surface area (Å²) in [5.41, 5.74) is 4.76. The highest BCUT2D eigenvalue weighted by Crippen LogP contribution is 2.29. The highest BCUT2D eigenvalue weighted by molar-refractivity contribution is 5.97. The monoisotopic (exact) mass is 348 g/mol. The number of para-hydroxylation sites is 1. The quantitative estimate of drug-likeness (QED) is 0.650. The standard InChI is InChI=1S/C22H24N2O2/c1-17-20(22(25)23-14-9-15-26-2)16-21(18-10-5-3-6-11-18)24(17)19-12-7-4-8-13-19/h3-8,10-13,16H,9,14-15H2,1-2H3,(H,23,25). The number of ether oxygens (including phenoxy) is 1. The van der Waals surface area contributed by atoms with E-state index in [-0.39, 0.29) is 5.91 Å². The molecular weight excluding hydrogens is 324 g/mol. The van der Waals surface area contributed by atoms with Gasteiger partial charge in [0, 0.05) is 31.6 Å². The van der Waals surface area contributed by atoms with Crippen LogP contribution in [0.4, 0.5) is 0 Å². The second kappa shape index (κ2) is 8.50. The zero-order valence-corrected chi connectivity index (χ0v) is 15.2. The molecule has 0 fully saturated rings. The second-order valence-corrected chi connectivity index (χ2v) is 6.17. The summed E-state index contributed by atoms with van der Waals surface area (Å²) >= 11 is 0. The van der Waals surface area contributed by atoms with Crippen molar-refractivity contribution in [1.82, 2.24) is 9.88 Å². The molecule has 0 radical (unpaired) electrons. The van der Waals surface area contributed by atoms with Gasteiger partial charge in [-0.15, -0.1) is 0 Å². The number of carbonyl (C=O) groups is 1. The highest BCUT2D eigenvalue weighted by Gasteiger charge is 2.19. The van der Waals surface area contributed by atoms with E-state index >= 15 is 0 Å². The number of methoxy groups -OCH3 is 1. The first kappa shape index (κ1) is 18.0. The first-order chi connectivity index (χ1) is 12.7. The maximum Gasteiger partial charge on any atom is 0.253 e. The minimum Gasteiger partial charge on any atom is -0.385 e. The molecule has 0 spiro atoms. The molecule has 1 N–H and O–H groups in total. The fraction of sp³-hybridized carbons (Fsp3) is 0.227. The molecule has 1 heterocycles. The van der Waals surface area contributed by atoms with Crippen LogP contribution < -0.4 is 5.32 Å². The minimum atomic E-state index is -0.0505. The molecule has 1 aromatic heterocycles. The van der Waals surface area contributed by atoms with Gasteiger partial charge in [0.05, 0.1) is 11.3 Å². The van der Waals surface area contributed by atoms with E-state index in [0.29, 0.717) is 18.7 Å². The molecule has 0 aliphatic heterocycles. The molecule has 2 aromatic carbocycles. The molecule has 26 heavy (non-hydrogen) atoms. The van der Waals surface area contributed by atoms with E-state index in [9.17, 15) is 4.79 Å². The van der Waals surface area contributed by atoms with Crippen molar-refractivity contribution in [3.05, 3.63) is 78.0 Å². The van der Waals surface area contributed by atoms with E-state index in [4.69, 9.17) is 4.74 Å². The maximum absolute atomic E-state index is 12.7. The number of carbonyl (C=O) groups excluding carboxylic acids is 1. The molecular formula is C22H24N2O2. The van der Waals surface area contributed by atoms with Gasteiger partial charge >= 0.3 is 0 Å². The van der Waals surface area contributed by atoms with Gasteiger partial charge in [0.1, 0.15) is 0 Å². The fourth-order valence-electron chi connectivity index (χ4n) is 3.08. The van der Waals surface area contributed by atoms with Crippen LogP contribution in [0.5, 0.6) is 0 Å². The Morgan fingerprint density at radius 3 is 2.35 bits per heavy atom. The van der Waals surface area contributed by atoms with Crippen LogP contribution >= 0.6 is 0 Å². The Balaban J connectivity index is 2.00. The number of hydrogen-bond donors (Lipinski definition) is 1. The number of nitrogens with one attached hydrogen (secondary N) is 1. The zero-order valence-electron chi connectivity index (χ0n) is 15.2. The summed E-state index contributed by atoms with van der Waals surface area (Å²) < 4.78 is 7.17. The van der Waals surface area contributed by atoms with Crippen molar-refractivity contribution >= 4 is 5.91 Å². The highest BCUT2D eigenvalue weighted by atomic mass is 16.5. The van der Waals surface area contributed by atoms with E-state index in [1.54, 1.807) is 7.11 Å². The Hall–Kier alpha value is -2.85. The van der Waals surface area contributed by atoms with Gasteiger partial charge in [-0.3, -0.25) is 4.79 Å². The lowest BCUT2D eigenvalue weighted by molar-refractivity contribution is 0.0948. The van der Waals surface area contributed by atoms with Gasteiger partial charge in [0.25, 0.3) is 5.91 Å². The molecule has 0 atom stereocenters. The van der Waals surface area contributed by atoms with Crippen molar-refractivity contribution in [1.29, 1.82) is 0 Å². The van der Waals surface area contributed by atoms with Gasteiger partial charge in [-0.25, -0.2) is 0 Å². The number of amides is 1. The van der Waals surface area contributed by atoms with Crippen molar-refractivity contribution in [2.45, 2.75) is 13.3 Å².